The fourth-order valence-corrected chi connectivity index (χ4v) is 2.59. The van der Waals surface area contributed by atoms with E-state index in [-0.39, 0.29) is 17.7 Å². The number of benzene rings is 2. The van der Waals surface area contributed by atoms with Crippen molar-refractivity contribution < 1.29 is 9.59 Å². The van der Waals surface area contributed by atoms with Gasteiger partial charge in [0.1, 0.15) is 0 Å². The van der Waals surface area contributed by atoms with E-state index >= 15 is 0 Å². The number of rotatable bonds is 5. The first-order valence-electron chi connectivity index (χ1n) is 8.51. The van der Waals surface area contributed by atoms with Gasteiger partial charge in [-0.1, -0.05) is 18.2 Å². The minimum absolute atomic E-state index is 0.0649. The van der Waals surface area contributed by atoms with Crippen molar-refractivity contribution in [3.8, 4) is 5.69 Å². The van der Waals surface area contributed by atoms with Crippen LogP contribution in [0.2, 0.25) is 0 Å². The van der Waals surface area contributed by atoms with Gasteiger partial charge in [0.2, 0.25) is 5.91 Å². The topological polar surface area (TPSA) is 76.0 Å². The summed E-state index contributed by atoms with van der Waals surface area (Å²) >= 11 is 0. The molecule has 0 unspecified atom stereocenters. The average molecular weight is 346 g/mol. The van der Waals surface area contributed by atoms with Crippen LogP contribution in [0.15, 0.2) is 67.0 Å². The van der Waals surface area contributed by atoms with Crippen molar-refractivity contribution >= 4 is 23.2 Å². The van der Waals surface area contributed by atoms with Crippen LogP contribution in [-0.2, 0) is 4.79 Å². The molecule has 0 bridgehead atoms. The Balaban J connectivity index is 1.40. The lowest BCUT2D eigenvalue weighted by molar-refractivity contribution is -0.117. The second-order valence-corrected chi connectivity index (χ2v) is 6.30. The SMILES string of the molecule is O=C(Nc1ccc(NC(=O)C2CC2)cc1)c1cnn(-c2ccccc2)c1. The van der Waals surface area contributed by atoms with Gasteiger partial charge >= 0.3 is 0 Å². The van der Waals surface area contributed by atoms with Crippen molar-refractivity contribution in [3.05, 3.63) is 72.6 Å². The second kappa shape index (κ2) is 6.84. The van der Waals surface area contributed by atoms with E-state index in [9.17, 15) is 9.59 Å². The standard InChI is InChI=1S/C20H18N4O2/c25-19(14-6-7-14)22-16-8-10-17(11-9-16)23-20(26)15-12-21-24(13-15)18-4-2-1-3-5-18/h1-5,8-14H,6-7H2,(H,22,25)(H,23,26). The number of hydrogen-bond acceptors (Lipinski definition) is 3. The van der Waals surface area contributed by atoms with Crippen LogP contribution < -0.4 is 10.6 Å². The first-order chi connectivity index (χ1) is 12.7. The summed E-state index contributed by atoms with van der Waals surface area (Å²) in [7, 11) is 0. The molecule has 1 fully saturated rings. The van der Waals surface area contributed by atoms with E-state index in [1.165, 1.54) is 6.20 Å². The van der Waals surface area contributed by atoms with E-state index in [0.29, 0.717) is 11.3 Å². The van der Waals surface area contributed by atoms with Crippen molar-refractivity contribution in [2.24, 2.45) is 5.92 Å². The second-order valence-electron chi connectivity index (χ2n) is 6.30. The van der Waals surface area contributed by atoms with Gasteiger partial charge in [-0.15, -0.1) is 0 Å². The summed E-state index contributed by atoms with van der Waals surface area (Å²) in [6, 6.07) is 16.7. The molecule has 1 aliphatic rings. The first-order valence-corrected chi connectivity index (χ1v) is 8.51. The zero-order valence-electron chi connectivity index (χ0n) is 14.1. The van der Waals surface area contributed by atoms with Gasteiger partial charge in [-0.2, -0.15) is 5.10 Å². The van der Waals surface area contributed by atoms with Crippen LogP contribution in [0.25, 0.3) is 5.69 Å². The van der Waals surface area contributed by atoms with E-state index in [0.717, 1.165) is 24.2 Å². The molecule has 1 heterocycles. The fraction of sp³-hybridized carbons (Fsp3) is 0.150. The maximum atomic E-state index is 12.4. The van der Waals surface area contributed by atoms with Crippen LogP contribution in [-0.4, -0.2) is 21.6 Å². The summed E-state index contributed by atoms with van der Waals surface area (Å²) in [6.07, 6.45) is 5.16. The molecule has 2 N–H and O–H groups in total. The lowest BCUT2D eigenvalue weighted by atomic mass is 10.2. The number of para-hydroxylation sites is 1. The number of carbonyl (C=O) groups is 2. The van der Waals surface area contributed by atoms with Gasteiger partial charge < -0.3 is 10.6 Å². The van der Waals surface area contributed by atoms with Crippen LogP contribution in [0.3, 0.4) is 0 Å². The Labute approximate surface area is 150 Å². The van der Waals surface area contributed by atoms with Gasteiger partial charge in [-0.25, -0.2) is 4.68 Å². The molecule has 1 aromatic heterocycles. The molecule has 0 saturated heterocycles. The molecule has 1 aliphatic carbocycles. The predicted octanol–water partition coefficient (Wildman–Crippen LogP) is 3.47. The highest BCUT2D eigenvalue weighted by molar-refractivity contribution is 6.04. The van der Waals surface area contributed by atoms with Crippen LogP contribution in [0.4, 0.5) is 11.4 Å². The molecule has 130 valence electrons. The van der Waals surface area contributed by atoms with E-state index in [1.807, 2.05) is 30.3 Å². The molecule has 0 radical (unpaired) electrons. The van der Waals surface area contributed by atoms with Crippen LogP contribution in [0, 0.1) is 5.92 Å². The molecular formula is C20H18N4O2. The summed E-state index contributed by atoms with van der Waals surface area (Å²) in [5.74, 6) is -0.00686. The zero-order chi connectivity index (χ0) is 17.9. The van der Waals surface area contributed by atoms with Gasteiger partial charge in [0, 0.05) is 23.5 Å². The molecule has 2 amide bonds. The number of nitrogens with one attached hydrogen (secondary N) is 2. The van der Waals surface area contributed by atoms with Crippen LogP contribution in [0.5, 0.6) is 0 Å². The minimum atomic E-state index is -0.234. The average Bonchev–Trinajstić information content (AvgIpc) is 3.41. The molecule has 3 aromatic rings. The van der Waals surface area contributed by atoms with Gasteiger partial charge in [0.15, 0.2) is 0 Å². The Hall–Kier alpha value is -3.41. The van der Waals surface area contributed by atoms with Gasteiger partial charge in [-0.05, 0) is 49.2 Å². The summed E-state index contributed by atoms with van der Waals surface area (Å²) in [5, 5.41) is 9.93. The molecule has 0 spiro atoms. The summed E-state index contributed by atoms with van der Waals surface area (Å²) < 4.78 is 1.66. The molecule has 26 heavy (non-hydrogen) atoms. The third kappa shape index (κ3) is 3.64. The molecule has 0 aliphatic heterocycles. The van der Waals surface area contributed by atoms with E-state index in [2.05, 4.69) is 15.7 Å². The van der Waals surface area contributed by atoms with Crippen molar-refractivity contribution in [2.75, 3.05) is 10.6 Å². The normalized spacial score (nSPS) is 13.2. The van der Waals surface area contributed by atoms with Gasteiger partial charge in [-0.3, -0.25) is 9.59 Å². The highest BCUT2D eigenvalue weighted by Gasteiger charge is 2.29. The molecular weight excluding hydrogens is 328 g/mol. The van der Waals surface area contributed by atoms with Crippen molar-refractivity contribution in [1.82, 2.24) is 9.78 Å². The monoisotopic (exact) mass is 346 g/mol. The Morgan fingerprint density at radius 2 is 1.58 bits per heavy atom. The molecule has 6 nitrogen and oxygen atoms in total. The Morgan fingerprint density at radius 1 is 0.923 bits per heavy atom. The highest BCUT2D eigenvalue weighted by Crippen LogP contribution is 2.30. The maximum Gasteiger partial charge on any atom is 0.258 e. The quantitative estimate of drug-likeness (QED) is 0.743. The smallest absolute Gasteiger partial charge is 0.258 e. The van der Waals surface area contributed by atoms with E-state index < -0.39 is 0 Å². The van der Waals surface area contributed by atoms with Crippen molar-refractivity contribution in [1.29, 1.82) is 0 Å². The summed E-state index contributed by atoms with van der Waals surface area (Å²) in [4.78, 5) is 24.1. The van der Waals surface area contributed by atoms with Gasteiger partial charge in [0.05, 0.1) is 17.4 Å². The largest absolute Gasteiger partial charge is 0.326 e. The number of anilines is 2. The first kappa shape index (κ1) is 16.1. The lowest BCUT2D eigenvalue weighted by Gasteiger charge is -2.07. The molecule has 6 heteroatoms. The minimum Gasteiger partial charge on any atom is -0.326 e. The molecule has 1 saturated carbocycles. The summed E-state index contributed by atoms with van der Waals surface area (Å²) in [6.45, 7) is 0. The summed E-state index contributed by atoms with van der Waals surface area (Å²) in [5.41, 5.74) is 2.76. The Kier molecular flexibility index (Phi) is 4.23. The van der Waals surface area contributed by atoms with E-state index in [4.69, 9.17) is 0 Å². The predicted molar refractivity (Wildman–Crippen MR) is 99.3 cm³/mol. The van der Waals surface area contributed by atoms with Crippen molar-refractivity contribution in [3.63, 3.8) is 0 Å². The fourth-order valence-electron chi connectivity index (χ4n) is 2.59. The maximum absolute atomic E-state index is 12.4. The zero-order valence-corrected chi connectivity index (χ0v) is 14.1. The highest BCUT2D eigenvalue weighted by atomic mass is 16.2. The van der Waals surface area contributed by atoms with Crippen molar-refractivity contribution in [2.45, 2.75) is 12.8 Å². The number of amides is 2. The number of aromatic nitrogens is 2. The third-order valence-corrected chi connectivity index (χ3v) is 4.22. The van der Waals surface area contributed by atoms with E-state index in [1.54, 1.807) is 35.1 Å². The number of nitrogens with zero attached hydrogens (tertiary/aromatic N) is 2. The Morgan fingerprint density at radius 3 is 2.23 bits per heavy atom. The third-order valence-electron chi connectivity index (χ3n) is 4.22. The van der Waals surface area contributed by atoms with Crippen LogP contribution in [0.1, 0.15) is 23.2 Å². The Bertz CT molecular complexity index is 928. The number of carbonyl (C=O) groups excluding carboxylic acids is 2. The number of hydrogen-bond donors (Lipinski definition) is 2. The van der Waals surface area contributed by atoms with Gasteiger partial charge in [0.25, 0.3) is 5.91 Å². The molecule has 2 aromatic carbocycles. The molecule has 0 atom stereocenters. The van der Waals surface area contributed by atoms with Crippen LogP contribution >= 0.6 is 0 Å². The lowest BCUT2D eigenvalue weighted by Crippen LogP contribution is -2.14. The molecule has 4 rings (SSSR count).